The van der Waals surface area contributed by atoms with Crippen LogP contribution in [0.4, 0.5) is 0 Å². The van der Waals surface area contributed by atoms with Crippen LogP contribution in [0.1, 0.15) is 16.7 Å². The number of fused-ring (bicyclic) bond motifs is 9. The van der Waals surface area contributed by atoms with E-state index >= 15 is 0 Å². The van der Waals surface area contributed by atoms with Crippen molar-refractivity contribution in [3.63, 3.8) is 0 Å². The molecule has 0 atom stereocenters. The smallest absolute Gasteiger partial charge is 0.0783 e. The molecule has 6 aromatic rings. The van der Waals surface area contributed by atoms with Crippen molar-refractivity contribution < 1.29 is 0 Å². The lowest BCUT2D eigenvalue weighted by atomic mass is 9.90. The summed E-state index contributed by atoms with van der Waals surface area (Å²) in [5.41, 5.74) is 6.34. The molecular formula is C30H19N. The number of allylic oxidation sites excluding steroid dienone is 1. The normalized spacial score (nSPS) is 13.2. The van der Waals surface area contributed by atoms with E-state index in [1.165, 1.54) is 60.0 Å². The number of pyridine rings is 1. The lowest BCUT2D eigenvalue weighted by Crippen LogP contribution is -1.92. The average molecular weight is 393 g/mol. The van der Waals surface area contributed by atoms with Gasteiger partial charge in [-0.05, 0) is 67.6 Å². The van der Waals surface area contributed by atoms with Gasteiger partial charge < -0.3 is 0 Å². The molecule has 31 heavy (non-hydrogen) atoms. The predicted molar refractivity (Wildman–Crippen MR) is 131 cm³/mol. The number of hydrogen-bond acceptors (Lipinski definition) is 1. The number of benzene rings is 5. The summed E-state index contributed by atoms with van der Waals surface area (Å²) in [6.45, 7) is 0. The zero-order valence-electron chi connectivity index (χ0n) is 17.0. The summed E-state index contributed by atoms with van der Waals surface area (Å²) in [6.07, 6.45) is 5.23. The Morgan fingerprint density at radius 1 is 0.581 bits per heavy atom. The Labute approximate surface area is 180 Å². The third-order valence-electron chi connectivity index (χ3n) is 6.71. The summed E-state index contributed by atoms with van der Waals surface area (Å²) in [5.74, 6) is 0. The van der Waals surface area contributed by atoms with Crippen LogP contribution in [0.15, 0.2) is 103 Å². The van der Waals surface area contributed by atoms with Crippen LogP contribution in [-0.2, 0) is 6.42 Å². The Balaban J connectivity index is 1.55. The lowest BCUT2D eigenvalue weighted by Gasteiger charge is -2.14. The number of aromatic nitrogens is 1. The molecule has 1 heteroatoms. The molecule has 1 heterocycles. The van der Waals surface area contributed by atoms with Gasteiger partial charge in [-0.25, -0.2) is 0 Å². The SMILES string of the molecule is C1=C(c2ccc3c4ccccc4c4ccccc4c3c2)c2c(ccc3cccnc23)C1. The zero-order chi connectivity index (χ0) is 20.4. The van der Waals surface area contributed by atoms with Gasteiger partial charge in [-0.1, -0.05) is 84.9 Å². The van der Waals surface area contributed by atoms with Crippen molar-refractivity contribution in [3.8, 4) is 0 Å². The standard InChI is InChI=1S/C30H19N/c1-2-9-25-23(7-1)24-8-3-4-10-26(24)28-18-21(14-16-27(25)28)22-15-13-19-11-12-20-6-5-17-31-30(20)29(19)22/h1-12,14-18H,13H2. The Morgan fingerprint density at radius 2 is 1.26 bits per heavy atom. The van der Waals surface area contributed by atoms with E-state index in [4.69, 9.17) is 4.98 Å². The van der Waals surface area contributed by atoms with E-state index in [0.717, 1.165) is 11.9 Å². The minimum atomic E-state index is 0.966. The summed E-state index contributed by atoms with van der Waals surface area (Å²) in [6, 6.07) is 33.1. The van der Waals surface area contributed by atoms with Crippen molar-refractivity contribution in [3.05, 3.63) is 120 Å². The quantitative estimate of drug-likeness (QED) is 0.261. The third kappa shape index (κ3) is 2.35. The van der Waals surface area contributed by atoms with Crippen molar-refractivity contribution in [2.45, 2.75) is 6.42 Å². The molecule has 0 radical (unpaired) electrons. The first-order chi connectivity index (χ1) is 15.4. The largest absolute Gasteiger partial charge is 0.256 e. The molecule has 0 spiro atoms. The second-order valence-corrected chi connectivity index (χ2v) is 8.35. The van der Waals surface area contributed by atoms with Gasteiger partial charge in [-0.15, -0.1) is 0 Å². The molecule has 1 aliphatic carbocycles. The molecule has 1 aliphatic rings. The van der Waals surface area contributed by atoms with Gasteiger partial charge >= 0.3 is 0 Å². The molecule has 5 aromatic carbocycles. The van der Waals surface area contributed by atoms with Crippen LogP contribution < -0.4 is 0 Å². The van der Waals surface area contributed by atoms with Gasteiger partial charge in [0.15, 0.2) is 0 Å². The Kier molecular flexibility index (Phi) is 3.39. The van der Waals surface area contributed by atoms with Crippen molar-refractivity contribution in [2.24, 2.45) is 0 Å². The number of rotatable bonds is 1. The second kappa shape index (κ2) is 6.26. The molecule has 0 aliphatic heterocycles. The summed E-state index contributed by atoms with van der Waals surface area (Å²) in [5, 5.41) is 9.09. The van der Waals surface area contributed by atoms with Gasteiger partial charge in [0.2, 0.25) is 0 Å². The molecule has 1 aromatic heterocycles. The molecule has 0 N–H and O–H groups in total. The summed E-state index contributed by atoms with van der Waals surface area (Å²) < 4.78 is 0. The van der Waals surface area contributed by atoms with Gasteiger partial charge in [-0.2, -0.15) is 0 Å². The third-order valence-corrected chi connectivity index (χ3v) is 6.71. The van der Waals surface area contributed by atoms with E-state index in [9.17, 15) is 0 Å². The van der Waals surface area contributed by atoms with Crippen LogP contribution in [0.5, 0.6) is 0 Å². The fraction of sp³-hybridized carbons (Fsp3) is 0.0333. The lowest BCUT2D eigenvalue weighted by molar-refractivity contribution is 1.30. The molecule has 0 saturated heterocycles. The molecule has 0 amide bonds. The fourth-order valence-corrected chi connectivity index (χ4v) is 5.31. The molecule has 144 valence electrons. The van der Waals surface area contributed by atoms with Crippen LogP contribution in [0.25, 0.3) is 48.8 Å². The highest BCUT2D eigenvalue weighted by molar-refractivity contribution is 6.25. The maximum atomic E-state index is 4.74. The topological polar surface area (TPSA) is 12.9 Å². The second-order valence-electron chi connectivity index (χ2n) is 8.35. The molecule has 1 nitrogen and oxygen atoms in total. The molecular weight excluding hydrogens is 374 g/mol. The average Bonchev–Trinajstić information content (AvgIpc) is 3.29. The van der Waals surface area contributed by atoms with Crippen LogP contribution in [0.2, 0.25) is 0 Å². The van der Waals surface area contributed by atoms with E-state index in [1.54, 1.807) is 0 Å². The number of hydrogen-bond donors (Lipinski definition) is 0. The fourth-order valence-electron chi connectivity index (χ4n) is 5.31. The summed E-state index contributed by atoms with van der Waals surface area (Å²) in [4.78, 5) is 4.74. The Hall–Kier alpha value is -3.97. The predicted octanol–water partition coefficient (Wildman–Crippen LogP) is 7.68. The van der Waals surface area contributed by atoms with Crippen molar-refractivity contribution in [1.29, 1.82) is 0 Å². The highest BCUT2D eigenvalue weighted by Gasteiger charge is 2.20. The van der Waals surface area contributed by atoms with Crippen LogP contribution in [0.3, 0.4) is 0 Å². The highest BCUT2D eigenvalue weighted by Crippen LogP contribution is 2.40. The van der Waals surface area contributed by atoms with Crippen LogP contribution in [0, 0.1) is 0 Å². The highest BCUT2D eigenvalue weighted by atomic mass is 14.7. The van der Waals surface area contributed by atoms with Crippen LogP contribution in [-0.4, -0.2) is 4.98 Å². The summed E-state index contributed by atoms with van der Waals surface area (Å²) in [7, 11) is 0. The summed E-state index contributed by atoms with van der Waals surface area (Å²) >= 11 is 0. The van der Waals surface area contributed by atoms with E-state index in [1.807, 2.05) is 12.3 Å². The Bertz CT molecular complexity index is 1670. The van der Waals surface area contributed by atoms with Crippen molar-refractivity contribution >= 4 is 48.8 Å². The Morgan fingerprint density at radius 3 is 2.00 bits per heavy atom. The molecule has 0 saturated carbocycles. The minimum absolute atomic E-state index is 0.966. The molecule has 7 rings (SSSR count). The number of nitrogens with zero attached hydrogens (tertiary/aromatic N) is 1. The van der Waals surface area contributed by atoms with Gasteiger partial charge in [0, 0.05) is 17.1 Å². The van der Waals surface area contributed by atoms with Gasteiger partial charge in [0.05, 0.1) is 5.52 Å². The van der Waals surface area contributed by atoms with Gasteiger partial charge in [0.25, 0.3) is 0 Å². The first-order valence-electron chi connectivity index (χ1n) is 10.8. The van der Waals surface area contributed by atoms with E-state index < -0.39 is 0 Å². The molecule has 0 fully saturated rings. The van der Waals surface area contributed by atoms with Crippen molar-refractivity contribution in [2.75, 3.05) is 0 Å². The van der Waals surface area contributed by atoms with Gasteiger partial charge in [0.1, 0.15) is 0 Å². The van der Waals surface area contributed by atoms with E-state index in [2.05, 4.69) is 91.0 Å². The van der Waals surface area contributed by atoms with E-state index in [-0.39, 0.29) is 0 Å². The van der Waals surface area contributed by atoms with Gasteiger partial charge in [-0.3, -0.25) is 4.98 Å². The van der Waals surface area contributed by atoms with Crippen molar-refractivity contribution in [1.82, 2.24) is 4.98 Å². The van der Waals surface area contributed by atoms with E-state index in [0.29, 0.717) is 0 Å². The molecule has 0 bridgehead atoms. The van der Waals surface area contributed by atoms with Crippen LogP contribution >= 0.6 is 0 Å². The molecule has 0 unspecified atom stereocenters. The monoisotopic (exact) mass is 393 g/mol. The zero-order valence-corrected chi connectivity index (χ0v) is 17.0. The maximum absolute atomic E-state index is 4.74. The maximum Gasteiger partial charge on any atom is 0.0783 e. The first kappa shape index (κ1) is 16.8. The minimum Gasteiger partial charge on any atom is -0.256 e. The first-order valence-corrected chi connectivity index (χ1v) is 10.8.